The number of rotatable bonds is 9. The molecule has 0 radical (unpaired) electrons. The average molecular weight is 343 g/mol. The van der Waals surface area contributed by atoms with Crippen molar-refractivity contribution in [2.45, 2.75) is 57.2 Å². The normalized spacial score (nSPS) is 12.2. The van der Waals surface area contributed by atoms with Crippen molar-refractivity contribution in [2.75, 3.05) is 14.2 Å². The van der Waals surface area contributed by atoms with E-state index in [1.54, 1.807) is 14.2 Å². The molecular formula is C17H27BrO2. The first kappa shape index (κ1) is 17.4. The Kier molecular flexibility index (Phi) is 8.05. The van der Waals surface area contributed by atoms with Gasteiger partial charge in [0.25, 0.3) is 0 Å². The van der Waals surface area contributed by atoms with Gasteiger partial charge in [-0.1, -0.05) is 55.0 Å². The lowest BCUT2D eigenvalue weighted by atomic mass is 10.00. The molecule has 0 aliphatic carbocycles. The first-order chi connectivity index (χ1) is 9.63. The molecule has 0 heterocycles. The summed E-state index contributed by atoms with van der Waals surface area (Å²) in [4.78, 5) is 0.393. The molecule has 0 fully saturated rings. The summed E-state index contributed by atoms with van der Waals surface area (Å²) >= 11 is 3.82. The first-order valence-electron chi connectivity index (χ1n) is 7.50. The number of hydrogen-bond acceptors (Lipinski definition) is 2. The molecule has 0 bridgehead atoms. The lowest BCUT2D eigenvalue weighted by Crippen LogP contribution is -1.98. The molecule has 3 heteroatoms. The minimum absolute atomic E-state index is 0.393. The number of alkyl halides is 1. The van der Waals surface area contributed by atoms with Gasteiger partial charge < -0.3 is 9.47 Å². The van der Waals surface area contributed by atoms with Gasteiger partial charge in [0.1, 0.15) is 0 Å². The van der Waals surface area contributed by atoms with Crippen LogP contribution in [0.4, 0.5) is 0 Å². The number of ether oxygens (including phenoxy) is 2. The Morgan fingerprint density at radius 2 is 1.60 bits per heavy atom. The Morgan fingerprint density at radius 3 is 2.20 bits per heavy atom. The Balaban J connectivity index is 2.65. The predicted molar refractivity (Wildman–Crippen MR) is 89.3 cm³/mol. The molecule has 0 amide bonds. The van der Waals surface area contributed by atoms with Gasteiger partial charge in [-0.2, -0.15) is 0 Å². The third-order valence-electron chi connectivity index (χ3n) is 3.67. The standard InChI is InChI=1S/C17H27BrO2/c1-5-6-7-8-9-10-15(18)14-12-17(20-4)16(19-3)11-13(14)2/h11-12,15H,5-10H2,1-4H3. The summed E-state index contributed by atoms with van der Waals surface area (Å²) in [6, 6.07) is 4.15. The first-order valence-corrected chi connectivity index (χ1v) is 8.42. The highest BCUT2D eigenvalue weighted by atomic mass is 79.9. The summed E-state index contributed by atoms with van der Waals surface area (Å²) in [5.41, 5.74) is 2.55. The summed E-state index contributed by atoms with van der Waals surface area (Å²) in [5, 5.41) is 0. The number of unbranched alkanes of at least 4 members (excludes halogenated alkanes) is 4. The van der Waals surface area contributed by atoms with Crippen molar-refractivity contribution in [1.29, 1.82) is 0 Å². The van der Waals surface area contributed by atoms with Crippen LogP contribution >= 0.6 is 15.9 Å². The van der Waals surface area contributed by atoms with Crippen LogP contribution < -0.4 is 9.47 Å². The highest BCUT2D eigenvalue weighted by Crippen LogP contribution is 2.37. The molecular weight excluding hydrogens is 316 g/mol. The summed E-state index contributed by atoms with van der Waals surface area (Å²) in [7, 11) is 3.36. The summed E-state index contributed by atoms with van der Waals surface area (Å²) in [6.07, 6.45) is 7.75. The fraction of sp³-hybridized carbons (Fsp3) is 0.647. The predicted octanol–water partition coefficient (Wildman–Crippen LogP) is 5.81. The second-order valence-corrected chi connectivity index (χ2v) is 6.34. The Bertz CT molecular complexity index is 404. The van der Waals surface area contributed by atoms with Crippen LogP contribution in [0.2, 0.25) is 0 Å². The van der Waals surface area contributed by atoms with Crippen molar-refractivity contribution in [3.63, 3.8) is 0 Å². The van der Waals surface area contributed by atoms with E-state index in [2.05, 4.69) is 41.9 Å². The lowest BCUT2D eigenvalue weighted by molar-refractivity contribution is 0.354. The smallest absolute Gasteiger partial charge is 0.161 e. The number of hydrogen-bond donors (Lipinski definition) is 0. The Labute approximate surface area is 132 Å². The van der Waals surface area contributed by atoms with E-state index in [0.717, 1.165) is 11.5 Å². The fourth-order valence-electron chi connectivity index (χ4n) is 2.42. The number of halogens is 1. The van der Waals surface area contributed by atoms with Crippen LogP contribution in [0.1, 0.15) is 61.4 Å². The zero-order valence-electron chi connectivity index (χ0n) is 13.2. The van der Waals surface area contributed by atoms with Crippen molar-refractivity contribution in [3.05, 3.63) is 23.3 Å². The third-order valence-corrected chi connectivity index (χ3v) is 4.62. The quantitative estimate of drug-likeness (QED) is 0.416. The molecule has 1 aromatic rings. The molecule has 0 saturated heterocycles. The molecule has 1 atom stereocenters. The maximum absolute atomic E-state index is 5.39. The van der Waals surface area contributed by atoms with Gasteiger partial charge in [-0.25, -0.2) is 0 Å². The van der Waals surface area contributed by atoms with Crippen LogP contribution in [0, 0.1) is 6.92 Å². The molecule has 0 spiro atoms. The summed E-state index contributed by atoms with van der Waals surface area (Å²) in [6.45, 7) is 4.38. The fourth-order valence-corrected chi connectivity index (χ4v) is 3.23. The largest absolute Gasteiger partial charge is 0.493 e. The van der Waals surface area contributed by atoms with E-state index >= 15 is 0 Å². The third kappa shape index (κ3) is 5.01. The van der Waals surface area contributed by atoms with Gasteiger partial charge in [0, 0.05) is 4.83 Å². The highest BCUT2D eigenvalue weighted by molar-refractivity contribution is 9.09. The molecule has 0 N–H and O–H groups in total. The van der Waals surface area contributed by atoms with E-state index in [-0.39, 0.29) is 0 Å². The second kappa shape index (κ2) is 9.28. The van der Waals surface area contributed by atoms with Crippen molar-refractivity contribution < 1.29 is 9.47 Å². The zero-order valence-corrected chi connectivity index (χ0v) is 14.8. The maximum atomic E-state index is 5.39. The molecule has 1 unspecified atom stereocenters. The van der Waals surface area contributed by atoms with E-state index in [4.69, 9.17) is 9.47 Å². The number of methoxy groups -OCH3 is 2. The van der Waals surface area contributed by atoms with Gasteiger partial charge in [-0.15, -0.1) is 0 Å². The number of benzene rings is 1. The average Bonchev–Trinajstić information content (AvgIpc) is 2.46. The van der Waals surface area contributed by atoms with Gasteiger partial charge in [-0.3, -0.25) is 0 Å². The minimum atomic E-state index is 0.393. The van der Waals surface area contributed by atoms with Crippen LogP contribution in [0.3, 0.4) is 0 Å². The molecule has 0 aliphatic heterocycles. The van der Waals surface area contributed by atoms with Crippen LogP contribution in [0.25, 0.3) is 0 Å². The van der Waals surface area contributed by atoms with Crippen LogP contribution in [0.15, 0.2) is 12.1 Å². The van der Waals surface area contributed by atoms with Crippen LogP contribution in [-0.4, -0.2) is 14.2 Å². The maximum Gasteiger partial charge on any atom is 0.161 e. The van der Waals surface area contributed by atoms with E-state index < -0.39 is 0 Å². The monoisotopic (exact) mass is 342 g/mol. The van der Waals surface area contributed by atoms with E-state index in [9.17, 15) is 0 Å². The van der Waals surface area contributed by atoms with Crippen molar-refractivity contribution in [2.24, 2.45) is 0 Å². The molecule has 1 aromatic carbocycles. The van der Waals surface area contributed by atoms with Gasteiger partial charge in [-0.05, 0) is 36.6 Å². The SMILES string of the molecule is CCCCCCCC(Br)c1cc(OC)c(OC)cc1C. The molecule has 1 rings (SSSR count). The molecule has 0 aliphatic rings. The molecule has 0 saturated carbocycles. The van der Waals surface area contributed by atoms with E-state index in [1.165, 1.54) is 49.7 Å². The molecule has 0 aromatic heterocycles. The van der Waals surface area contributed by atoms with Crippen molar-refractivity contribution >= 4 is 15.9 Å². The van der Waals surface area contributed by atoms with Gasteiger partial charge in [0.05, 0.1) is 14.2 Å². The Hall–Kier alpha value is -0.700. The van der Waals surface area contributed by atoms with Crippen molar-refractivity contribution in [3.8, 4) is 11.5 Å². The van der Waals surface area contributed by atoms with E-state index in [1.807, 2.05) is 0 Å². The Morgan fingerprint density at radius 1 is 1.00 bits per heavy atom. The summed E-state index contributed by atoms with van der Waals surface area (Å²) < 4.78 is 10.7. The topological polar surface area (TPSA) is 18.5 Å². The molecule has 20 heavy (non-hydrogen) atoms. The summed E-state index contributed by atoms with van der Waals surface area (Å²) in [5.74, 6) is 1.61. The second-order valence-electron chi connectivity index (χ2n) is 5.23. The van der Waals surface area contributed by atoms with Crippen molar-refractivity contribution in [1.82, 2.24) is 0 Å². The van der Waals surface area contributed by atoms with Gasteiger partial charge >= 0.3 is 0 Å². The van der Waals surface area contributed by atoms with Gasteiger partial charge in [0.15, 0.2) is 11.5 Å². The van der Waals surface area contributed by atoms with Gasteiger partial charge in [0.2, 0.25) is 0 Å². The van der Waals surface area contributed by atoms with Crippen LogP contribution in [-0.2, 0) is 0 Å². The minimum Gasteiger partial charge on any atom is -0.493 e. The van der Waals surface area contributed by atoms with E-state index in [0.29, 0.717) is 4.83 Å². The zero-order chi connectivity index (χ0) is 15.0. The number of aryl methyl sites for hydroxylation is 1. The lowest BCUT2D eigenvalue weighted by Gasteiger charge is -2.16. The molecule has 2 nitrogen and oxygen atoms in total. The highest BCUT2D eigenvalue weighted by Gasteiger charge is 2.14. The van der Waals surface area contributed by atoms with Crippen LogP contribution in [0.5, 0.6) is 11.5 Å². The molecule has 114 valence electrons.